The van der Waals surface area contributed by atoms with Crippen LogP contribution in [0.4, 0.5) is 17.1 Å². The molecule has 0 atom stereocenters. The number of fused-ring (bicyclic) bond motifs is 2. The van der Waals surface area contributed by atoms with Gasteiger partial charge in [-0.15, -0.1) is 0 Å². The molecule has 0 saturated carbocycles. The van der Waals surface area contributed by atoms with Gasteiger partial charge in [0.25, 0.3) is 23.6 Å². The van der Waals surface area contributed by atoms with Crippen LogP contribution in [-0.2, 0) is 0 Å². The highest BCUT2D eigenvalue weighted by atomic mass is 16.6. The highest BCUT2D eigenvalue weighted by Gasteiger charge is 2.39. The Morgan fingerprint density at radius 2 is 0.909 bits per heavy atom. The SMILES string of the molecule is Cc1cnc(OC(=O)c2ccc3c(c2)C(=O)N(c2ccc(Oc4ccc(N5C(=O)c6ccc(C(=O)Oc7ncc(N)cn7)cc6C5=O)cc4)cc2)C3=O)nc1. The molecule has 4 amide bonds. The maximum atomic E-state index is 13.4. The summed E-state index contributed by atoms with van der Waals surface area (Å²) in [6, 6.07) is 20.0. The van der Waals surface area contributed by atoms with Gasteiger partial charge in [-0.1, -0.05) is 0 Å². The van der Waals surface area contributed by atoms with Crippen molar-refractivity contribution in [3.63, 3.8) is 0 Å². The minimum absolute atomic E-state index is 0.0150. The van der Waals surface area contributed by atoms with Gasteiger partial charge in [0.1, 0.15) is 11.5 Å². The van der Waals surface area contributed by atoms with Crippen molar-refractivity contribution in [1.82, 2.24) is 19.9 Å². The molecule has 0 aliphatic carbocycles. The monoisotopic (exact) mass is 733 g/mol. The number of hydrogen-bond acceptors (Lipinski definition) is 14. The molecular formula is C39H23N7O9. The first kappa shape index (κ1) is 34.0. The van der Waals surface area contributed by atoms with Gasteiger partial charge in [-0.3, -0.25) is 19.2 Å². The number of nitrogens with two attached hydrogens (primary N) is 1. The van der Waals surface area contributed by atoms with Gasteiger partial charge in [0.2, 0.25) is 0 Å². The molecule has 2 aromatic heterocycles. The van der Waals surface area contributed by atoms with E-state index in [9.17, 15) is 28.8 Å². The fourth-order valence-electron chi connectivity index (χ4n) is 5.76. The predicted octanol–water partition coefficient (Wildman–Crippen LogP) is 4.99. The normalized spacial score (nSPS) is 13.1. The van der Waals surface area contributed by atoms with E-state index in [0.717, 1.165) is 15.4 Å². The standard InChI is InChI=1S/C39H23N7O9/c1-20-16-41-38(42-17-20)54-36(51)21-2-12-28-30(14-21)34(49)45(32(28)47)24-4-8-26(9-5-24)53-27-10-6-25(7-11-27)46-33(48)29-13-3-22(15-31(29)35(46)50)37(52)55-39-43-18-23(40)19-44-39/h2-19H,40H2,1H3. The second-order valence-corrected chi connectivity index (χ2v) is 12.1. The fraction of sp³-hybridized carbons (Fsp3) is 0.0256. The van der Waals surface area contributed by atoms with E-state index in [2.05, 4.69) is 19.9 Å². The van der Waals surface area contributed by atoms with Gasteiger partial charge in [0, 0.05) is 12.4 Å². The van der Waals surface area contributed by atoms with Crippen molar-refractivity contribution in [1.29, 1.82) is 0 Å². The number of nitrogen functional groups attached to an aromatic ring is 1. The van der Waals surface area contributed by atoms with E-state index < -0.39 is 35.6 Å². The summed E-state index contributed by atoms with van der Waals surface area (Å²) in [5.74, 6) is -3.29. The lowest BCUT2D eigenvalue weighted by atomic mass is 10.1. The van der Waals surface area contributed by atoms with Crippen LogP contribution in [0, 0.1) is 6.92 Å². The average Bonchev–Trinajstić information content (AvgIpc) is 3.60. The molecule has 0 saturated heterocycles. The van der Waals surface area contributed by atoms with Crippen LogP contribution >= 0.6 is 0 Å². The largest absolute Gasteiger partial charge is 0.457 e. The molecule has 2 aliphatic rings. The zero-order valence-corrected chi connectivity index (χ0v) is 28.3. The highest BCUT2D eigenvalue weighted by Crippen LogP contribution is 2.34. The van der Waals surface area contributed by atoms with E-state index in [-0.39, 0.29) is 62.5 Å². The Balaban J connectivity index is 0.918. The minimum atomic E-state index is -0.826. The molecule has 4 heterocycles. The molecule has 0 spiro atoms. The summed E-state index contributed by atoms with van der Waals surface area (Å²) in [7, 11) is 0. The van der Waals surface area contributed by atoms with Crippen LogP contribution in [0.25, 0.3) is 0 Å². The van der Waals surface area contributed by atoms with Crippen LogP contribution in [0.2, 0.25) is 0 Å². The summed E-state index contributed by atoms with van der Waals surface area (Å²) in [6.07, 6.45) is 5.53. The van der Waals surface area contributed by atoms with Gasteiger partial charge >= 0.3 is 24.0 Å². The van der Waals surface area contributed by atoms with Crippen molar-refractivity contribution in [3.05, 3.63) is 149 Å². The van der Waals surface area contributed by atoms with Gasteiger partial charge in [-0.05, 0) is 97.4 Å². The smallest absolute Gasteiger partial charge is 0.345 e. The lowest BCUT2D eigenvalue weighted by Gasteiger charge is -2.16. The third-order valence-corrected chi connectivity index (χ3v) is 8.44. The molecule has 6 aromatic rings. The number of hydrogen-bond donors (Lipinski definition) is 1. The fourth-order valence-corrected chi connectivity index (χ4v) is 5.76. The highest BCUT2D eigenvalue weighted by molar-refractivity contribution is 6.35. The number of esters is 2. The van der Waals surface area contributed by atoms with E-state index in [1.165, 1.54) is 85.5 Å². The summed E-state index contributed by atoms with van der Waals surface area (Å²) in [6.45, 7) is 1.78. The van der Waals surface area contributed by atoms with Crippen molar-refractivity contribution in [2.75, 3.05) is 15.5 Å². The van der Waals surface area contributed by atoms with E-state index in [0.29, 0.717) is 11.5 Å². The van der Waals surface area contributed by atoms with Gasteiger partial charge in [0.15, 0.2) is 0 Å². The third kappa shape index (κ3) is 6.35. The lowest BCUT2D eigenvalue weighted by molar-refractivity contribution is 0.0709. The Kier molecular flexibility index (Phi) is 8.30. The number of amides is 4. The van der Waals surface area contributed by atoms with Crippen LogP contribution in [0.1, 0.15) is 67.7 Å². The summed E-state index contributed by atoms with van der Waals surface area (Å²) in [4.78, 5) is 96.0. The number of benzene rings is 4. The summed E-state index contributed by atoms with van der Waals surface area (Å²) < 4.78 is 16.3. The molecule has 0 bridgehead atoms. The minimum Gasteiger partial charge on any atom is -0.457 e. The first-order chi connectivity index (χ1) is 26.5. The molecule has 0 radical (unpaired) electrons. The number of ether oxygens (including phenoxy) is 3. The van der Waals surface area contributed by atoms with Crippen molar-refractivity contribution in [3.8, 4) is 23.5 Å². The number of carbonyl (C=O) groups is 6. The van der Waals surface area contributed by atoms with Gasteiger partial charge in [-0.25, -0.2) is 39.3 Å². The molecule has 0 fully saturated rings. The van der Waals surface area contributed by atoms with Crippen molar-refractivity contribution >= 4 is 52.6 Å². The number of rotatable bonds is 8. The van der Waals surface area contributed by atoms with Crippen molar-refractivity contribution in [2.24, 2.45) is 0 Å². The van der Waals surface area contributed by atoms with Crippen molar-refractivity contribution in [2.45, 2.75) is 6.92 Å². The molecule has 4 aromatic carbocycles. The molecular weight excluding hydrogens is 710 g/mol. The Labute approximate surface area is 309 Å². The van der Waals surface area contributed by atoms with Gasteiger partial charge in [-0.2, -0.15) is 0 Å². The number of carbonyl (C=O) groups excluding carboxylic acids is 6. The molecule has 0 unspecified atom stereocenters. The van der Waals surface area contributed by atoms with Gasteiger partial charge < -0.3 is 19.9 Å². The molecule has 16 nitrogen and oxygen atoms in total. The van der Waals surface area contributed by atoms with Crippen LogP contribution < -0.4 is 29.7 Å². The Bertz CT molecular complexity index is 2410. The predicted molar refractivity (Wildman–Crippen MR) is 191 cm³/mol. The van der Waals surface area contributed by atoms with Crippen LogP contribution in [0.5, 0.6) is 23.5 Å². The molecule has 16 heteroatoms. The maximum absolute atomic E-state index is 13.4. The first-order valence-electron chi connectivity index (χ1n) is 16.3. The average molecular weight is 734 g/mol. The van der Waals surface area contributed by atoms with E-state index >= 15 is 0 Å². The molecule has 55 heavy (non-hydrogen) atoms. The molecule has 268 valence electrons. The molecule has 2 aliphatic heterocycles. The third-order valence-electron chi connectivity index (χ3n) is 8.44. The zero-order chi connectivity index (χ0) is 38.4. The van der Waals surface area contributed by atoms with Gasteiger partial charge in [0.05, 0.1) is 62.8 Å². The summed E-state index contributed by atoms with van der Waals surface area (Å²) in [5, 5.41) is 0. The van der Waals surface area contributed by atoms with E-state index in [1.54, 1.807) is 31.2 Å². The number of imide groups is 2. The van der Waals surface area contributed by atoms with Crippen LogP contribution in [-0.4, -0.2) is 55.5 Å². The maximum Gasteiger partial charge on any atom is 0.345 e. The molecule has 8 rings (SSSR count). The van der Waals surface area contributed by atoms with Crippen LogP contribution in [0.3, 0.4) is 0 Å². The Morgan fingerprint density at radius 1 is 0.527 bits per heavy atom. The Morgan fingerprint density at radius 3 is 1.33 bits per heavy atom. The first-order valence-corrected chi connectivity index (χ1v) is 16.3. The van der Waals surface area contributed by atoms with Crippen molar-refractivity contribution < 1.29 is 43.0 Å². The number of anilines is 3. The Hall–Kier alpha value is -8.14. The second kappa shape index (κ2) is 13.4. The number of aromatic nitrogens is 4. The van der Waals surface area contributed by atoms with E-state index in [4.69, 9.17) is 19.9 Å². The quantitative estimate of drug-likeness (QED) is 0.161. The zero-order valence-electron chi connectivity index (χ0n) is 28.3. The summed E-state index contributed by atoms with van der Waals surface area (Å²) >= 11 is 0. The lowest BCUT2D eigenvalue weighted by Crippen LogP contribution is -2.29. The number of aryl methyl sites for hydroxylation is 1. The van der Waals surface area contributed by atoms with E-state index in [1.807, 2.05) is 0 Å². The molecule has 2 N–H and O–H groups in total. The second-order valence-electron chi connectivity index (χ2n) is 12.1. The van der Waals surface area contributed by atoms with Crippen LogP contribution in [0.15, 0.2) is 110 Å². The topological polar surface area (TPSA) is 214 Å². The number of nitrogens with zero attached hydrogens (tertiary/aromatic N) is 6. The summed E-state index contributed by atoms with van der Waals surface area (Å²) in [5.41, 5.74) is 7.50.